The Kier molecular flexibility index (Phi) is 4.76. The third kappa shape index (κ3) is 3.03. The van der Waals surface area contributed by atoms with Crippen molar-refractivity contribution in [3.05, 3.63) is 35.4 Å². The summed E-state index contributed by atoms with van der Waals surface area (Å²) in [4.78, 5) is 9.92. The Hall–Kier alpha value is -1.03. The Morgan fingerprint density at radius 1 is 1.05 bits per heavy atom. The van der Waals surface area contributed by atoms with Crippen LogP contribution in [0, 0.1) is 0 Å². The fourth-order valence-corrected chi connectivity index (χ4v) is 3.81. The number of anilines is 1. The van der Waals surface area contributed by atoms with Crippen LogP contribution in [0.5, 0.6) is 0 Å². The monoisotopic (exact) mass is 337 g/mol. The van der Waals surface area contributed by atoms with E-state index in [0.29, 0.717) is 0 Å². The second-order valence-corrected chi connectivity index (χ2v) is 6.57. The zero-order chi connectivity index (χ0) is 14.2. The normalized spacial score (nSPS) is 22.2. The van der Waals surface area contributed by atoms with Gasteiger partial charge in [-0.2, -0.15) is 0 Å². The molecule has 22 heavy (non-hydrogen) atoms. The van der Waals surface area contributed by atoms with E-state index in [4.69, 9.17) is 16.6 Å². The summed E-state index contributed by atoms with van der Waals surface area (Å²) in [6, 6.07) is 10.9. The molecule has 0 bridgehead atoms. The molecule has 3 nitrogen and oxygen atoms in total. The summed E-state index contributed by atoms with van der Waals surface area (Å²) in [7, 11) is 0. The molecule has 118 valence electrons. The number of halogens is 2. The molecule has 0 radical (unpaired) electrons. The van der Waals surface area contributed by atoms with Gasteiger partial charge in [0.2, 0.25) is 0 Å². The number of nitrogens with zero attached hydrogens (tertiary/aromatic N) is 3. The lowest BCUT2D eigenvalue weighted by atomic mass is 9.99. The van der Waals surface area contributed by atoms with Gasteiger partial charge in [-0.1, -0.05) is 18.0 Å². The second-order valence-electron chi connectivity index (χ2n) is 6.14. The maximum atomic E-state index is 6.04. The molecule has 0 amide bonds. The first kappa shape index (κ1) is 15.9. The molecule has 1 aromatic carbocycles. The van der Waals surface area contributed by atoms with Crippen molar-refractivity contribution < 1.29 is 0 Å². The van der Waals surface area contributed by atoms with Crippen LogP contribution < -0.4 is 4.90 Å². The van der Waals surface area contributed by atoms with E-state index < -0.39 is 0 Å². The molecule has 0 spiro atoms. The highest BCUT2D eigenvalue weighted by Gasteiger charge is 2.29. The molecule has 2 aromatic rings. The molecule has 0 saturated carbocycles. The van der Waals surface area contributed by atoms with Gasteiger partial charge in [-0.15, -0.1) is 12.4 Å². The van der Waals surface area contributed by atoms with E-state index in [-0.39, 0.29) is 12.4 Å². The molecule has 2 aliphatic rings. The standard InChI is InChI=1S/C17H20ClN3.ClH/c18-14-5-6-16-13(11-14)4-7-17(19-16)21-10-9-20-8-2-1-3-15(20)12-21;/h4-7,11,15H,1-3,8-10,12H2;1H. The Bertz CT molecular complexity index is 661. The van der Waals surface area contributed by atoms with Crippen molar-refractivity contribution in [1.82, 2.24) is 9.88 Å². The smallest absolute Gasteiger partial charge is 0.129 e. The summed E-state index contributed by atoms with van der Waals surface area (Å²) in [5, 5.41) is 1.88. The highest BCUT2D eigenvalue weighted by atomic mass is 35.5. The number of fused-ring (bicyclic) bond motifs is 2. The average molecular weight is 338 g/mol. The van der Waals surface area contributed by atoms with Crippen LogP contribution in [-0.4, -0.2) is 42.1 Å². The molecule has 1 aromatic heterocycles. The Labute approximate surface area is 142 Å². The summed E-state index contributed by atoms with van der Waals surface area (Å²) < 4.78 is 0. The Balaban J connectivity index is 0.00000144. The van der Waals surface area contributed by atoms with Crippen LogP contribution >= 0.6 is 24.0 Å². The SMILES string of the molecule is Cl.Clc1ccc2nc(N3CCN4CCCCC4C3)ccc2c1. The van der Waals surface area contributed by atoms with Crippen LogP contribution in [0.3, 0.4) is 0 Å². The van der Waals surface area contributed by atoms with Gasteiger partial charge in [0.05, 0.1) is 5.52 Å². The molecule has 5 heteroatoms. The first-order chi connectivity index (χ1) is 10.3. The molecule has 1 unspecified atom stereocenters. The molecule has 2 fully saturated rings. The molecule has 3 heterocycles. The molecule has 4 rings (SSSR count). The number of hydrogen-bond donors (Lipinski definition) is 0. The fraction of sp³-hybridized carbons (Fsp3) is 0.471. The van der Waals surface area contributed by atoms with E-state index in [2.05, 4.69) is 21.9 Å². The molecule has 0 aliphatic carbocycles. The lowest BCUT2D eigenvalue weighted by molar-refractivity contribution is 0.133. The van der Waals surface area contributed by atoms with E-state index in [1.807, 2.05) is 18.2 Å². The number of piperazine rings is 1. The highest BCUT2D eigenvalue weighted by Crippen LogP contribution is 2.26. The van der Waals surface area contributed by atoms with Gasteiger partial charge < -0.3 is 4.90 Å². The predicted molar refractivity (Wildman–Crippen MR) is 95.4 cm³/mol. The predicted octanol–water partition coefficient (Wildman–Crippen LogP) is 3.98. The molecule has 1 atom stereocenters. The number of rotatable bonds is 1. The van der Waals surface area contributed by atoms with Gasteiger partial charge in [0.1, 0.15) is 5.82 Å². The summed E-state index contributed by atoms with van der Waals surface area (Å²) in [5.41, 5.74) is 1.03. The molecular weight excluding hydrogens is 317 g/mol. The van der Waals surface area contributed by atoms with E-state index >= 15 is 0 Å². The number of aromatic nitrogens is 1. The summed E-state index contributed by atoms with van der Waals surface area (Å²) >= 11 is 6.04. The molecular formula is C17H21Cl2N3. The third-order valence-corrected chi connectivity index (χ3v) is 5.03. The van der Waals surface area contributed by atoms with Crippen molar-refractivity contribution in [3.8, 4) is 0 Å². The van der Waals surface area contributed by atoms with Crippen molar-refractivity contribution in [1.29, 1.82) is 0 Å². The van der Waals surface area contributed by atoms with E-state index in [9.17, 15) is 0 Å². The second kappa shape index (κ2) is 6.61. The number of pyridine rings is 1. The first-order valence-corrected chi connectivity index (χ1v) is 8.23. The van der Waals surface area contributed by atoms with Crippen molar-refractivity contribution in [2.45, 2.75) is 25.3 Å². The highest BCUT2D eigenvalue weighted by molar-refractivity contribution is 6.31. The number of hydrogen-bond acceptors (Lipinski definition) is 3. The number of benzene rings is 1. The topological polar surface area (TPSA) is 19.4 Å². The van der Waals surface area contributed by atoms with Crippen LogP contribution in [0.2, 0.25) is 5.02 Å². The van der Waals surface area contributed by atoms with Gasteiger partial charge in [-0.3, -0.25) is 4.90 Å². The lowest BCUT2D eigenvalue weighted by Gasteiger charge is -2.44. The van der Waals surface area contributed by atoms with Gasteiger partial charge in [-0.25, -0.2) is 4.98 Å². The first-order valence-electron chi connectivity index (χ1n) is 7.85. The number of piperidine rings is 1. The lowest BCUT2D eigenvalue weighted by Crippen LogP contribution is -2.55. The maximum Gasteiger partial charge on any atom is 0.129 e. The Morgan fingerprint density at radius 2 is 1.95 bits per heavy atom. The maximum absolute atomic E-state index is 6.04. The minimum absolute atomic E-state index is 0. The van der Waals surface area contributed by atoms with E-state index in [1.165, 1.54) is 32.4 Å². The molecule has 2 saturated heterocycles. The van der Waals surface area contributed by atoms with Crippen molar-refractivity contribution in [2.24, 2.45) is 0 Å². The van der Waals surface area contributed by atoms with Crippen LogP contribution in [-0.2, 0) is 0 Å². The van der Waals surface area contributed by atoms with E-state index in [1.54, 1.807) is 0 Å². The van der Waals surface area contributed by atoms with Gasteiger partial charge >= 0.3 is 0 Å². The third-order valence-electron chi connectivity index (χ3n) is 4.80. The zero-order valence-electron chi connectivity index (χ0n) is 12.5. The Morgan fingerprint density at radius 3 is 2.86 bits per heavy atom. The van der Waals surface area contributed by atoms with Crippen molar-refractivity contribution >= 4 is 40.7 Å². The van der Waals surface area contributed by atoms with Crippen molar-refractivity contribution in [2.75, 3.05) is 31.1 Å². The zero-order valence-corrected chi connectivity index (χ0v) is 14.1. The van der Waals surface area contributed by atoms with E-state index in [0.717, 1.165) is 40.9 Å². The summed E-state index contributed by atoms with van der Waals surface area (Å²) in [5.74, 6) is 1.11. The summed E-state index contributed by atoms with van der Waals surface area (Å²) in [6.07, 6.45) is 4.07. The van der Waals surface area contributed by atoms with Gasteiger partial charge in [0, 0.05) is 36.1 Å². The van der Waals surface area contributed by atoms with Crippen LogP contribution in [0.15, 0.2) is 30.3 Å². The van der Waals surface area contributed by atoms with Crippen LogP contribution in [0.4, 0.5) is 5.82 Å². The van der Waals surface area contributed by atoms with Gasteiger partial charge in [0.15, 0.2) is 0 Å². The average Bonchev–Trinajstić information content (AvgIpc) is 2.54. The minimum atomic E-state index is 0. The van der Waals surface area contributed by atoms with Crippen LogP contribution in [0.1, 0.15) is 19.3 Å². The summed E-state index contributed by atoms with van der Waals surface area (Å²) in [6.45, 7) is 4.65. The molecule has 0 N–H and O–H groups in total. The minimum Gasteiger partial charge on any atom is -0.354 e. The molecule has 2 aliphatic heterocycles. The largest absolute Gasteiger partial charge is 0.354 e. The van der Waals surface area contributed by atoms with Gasteiger partial charge in [-0.05, 0) is 49.7 Å². The fourth-order valence-electron chi connectivity index (χ4n) is 3.63. The van der Waals surface area contributed by atoms with Gasteiger partial charge in [0.25, 0.3) is 0 Å². The quantitative estimate of drug-likeness (QED) is 0.784. The van der Waals surface area contributed by atoms with Crippen molar-refractivity contribution in [3.63, 3.8) is 0 Å². The van der Waals surface area contributed by atoms with Crippen LogP contribution in [0.25, 0.3) is 10.9 Å².